The average molecular weight is 224 g/mol. The van der Waals surface area contributed by atoms with E-state index >= 15 is 0 Å². The van der Waals surface area contributed by atoms with Crippen LogP contribution in [0.1, 0.15) is 11.1 Å². The van der Waals surface area contributed by atoms with Crippen LogP contribution in [0.2, 0.25) is 0 Å². The molecule has 1 aromatic carbocycles. The molecule has 0 saturated carbocycles. The summed E-state index contributed by atoms with van der Waals surface area (Å²) >= 11 is 0. The maximum atomic E-state index is 13.6. The molecule has 0 amide bonds. The average Bonchev–Trinajstić information content (AvgIpc) is 2.72. The molecule has 0 bridgehead atoms. The van der Waals surface area contributed by atoms with Crippen LogP contribution in [-0.2, 0) is 10.3 Å². The smallest absolute Gasteiger partial charge is 0.126 e. The van der Waals surface area contributed by atoms with Gasteiger partial charge in [-0.3, -0.25) is 5.32 Å². The van der Waals surface area contributed by atoms with Crippen LogP contribution in [0.15, 0.2) is 18.2 Å². The summed E-state index contributed by atoms with van der Waals surface area (Å²) in [6, 6.07) is 5.36. The summed E-state index contributed by atoms with van der Waals surface area (Å²) in [5, 5.41) is 6.55. The molecule has 0 radical (unpaired) electrons. The second-order valence-electron chi connectivity index (χ2n) is 4.26. The first-order valence-electron chi connectivity index (χ1n) is 5.39. The Kier molecular flexibility index (Phi) is 3.23. The van der Waals surface area contributed by atoms with E-state index in [1.165, 1.54) is 0 Å². The first kappa shape index (κ1) is 11.5. The van der Waals surface area contributed by atoms with Crippen molar-refractivity contribution in [3.63, 3.8) is 0 Å². The van der Waals surface area contributed by atoms with Crippen molar-refractivity contribution in [3.8, 4) is 0 Å². The third-order valence-electron chi connectivity index (χ3n) is 3.09. The number of hydrogen-bond donors (Lipinski definition) is 2. The second kappa shape index (κ2) is 4.49. The van der Waals surface area contributed by atoms with Gasteiger partial charge >= 0.3 is 0 Å². The summed E-state index contributed by atoms with van der Waals surface area (Å²) in [6.07, 6.45) is 0. The molecular formula is C12H17FN2O. The van der Waals surface area contributed by atoms with Crippen LogP contribution in [0.5, 0.6) is 0 Å². The lowest BCUT2D eigenvalue weighted by Gasteiger charge is -2.28. The van der Waals surface area contributed by atoms with Crippen molar-refractivity contribution < 1.29 is 9.13 Å². The standard InChI is InChI=1S/C12H17FN2O/c1-9-3-4-10(5-11(9)13)12(7-16-2)6-14-8-15-12/h3-5,14-15H,6-8H2,1-2H3. The predicted octanol–water partition coefficient (Wildman–Crippen LogP) is 1.13. The van der Waals surface area contributed by atoms with E-state index in [9.17, 15) is 4.39 Å². The maximum absolute atomic E-state index is 13.6. The Morgan fingerprint density at radius 3 is 2.88 bits per heavy atom. The summed E-state index contributed by atoms with van der Waals surface area (Å²) in [7, 11) is 1.66. The van der Waals surface area contributed by atoms with Crippen molar-refractivity contribution in [2.75, 3.05) is 26.9 Å². The van der Waals surface area contributed by atoms with Crippen LogP contribution in [0, 0.1) is 12.7 Å². The van der Waals surface area contributed by atoms with Crippen molar-refractivity contribution >= 4 is 0 Å². The Bertz CT molecular complexity index is 375. The van der Waals surface area contributed by atoms with Gasteiger partial charge in [0.1, 0.15) is 5.82 Å². The molecule has 0 aliphatic carbocycles. The molecule has 2 rings (SSSR count). The number of benzene rings is 1. The fraction of sp³-hybridized carbons (Fsp3) is 0.500. The Morgan fingerprint density at radius 2 is 2.31 bits per heavy atom. The molecule has 1 fully saturated rings. The van der Waals surface area contributed by atoms with E-state index in [1.807, 2.05) is 12.1 Å². The van der Waals surface area contributed by atoms with Gasteiger partial charge in [-0.1, -0.05) is 12.1 Å². The van der Waals surface area contributed by atoms with Crippen molar-refractivity contribution in [3.05, 3.63) is 35.1 Å². The second-order valence-corrected chi connectivity index (χ2v) is 4.26. The highest BCUT2D eigenvalue weighted by molar-refractivity contribution is 5.31. The summed E-state index contributed by atoms with van der Waals surface area (Å²) in [4.78, 5) is 0. The summed E-state index contributed by atoms with van der Waals surface area (Å²) in [6.45, 7) is 3.77. The molecule has 1 atom stereocenters. The number of aryl methyl sites for hydroxylation is 1. The van der Waals surface area contributed by atoms with E-state index in [0.29, 0.717) is 12.2 Å². The van der Waals surface area contributed by atoms with Gasteiger partial charge in [0.15, 0.2) is 0 Å². The highest BCUT2D eigenvalue weighted by Gasteiger charge is 2.35. The first-order valence-corrected chi connectivity index (χ1v) is 5.39. The molecule has 2 N–H and O–H groups in total. The quantitative estimate of drug-likeness (QED) is 0.807. The summed E-state index contributed by atoms with van der Waals surface area (Å²) < 4.78 is 18.8. The Morgan fingerprint density at radius 1 is 1.50 bits per heavy atom. The highest BCUT2D eigenvalue weighted by atomic mass is 19.1. The normalized spacial score (nSPS) is 24.9. The first-order chi connectivity index (χ1) is 7.68. The van der Waals surface area contributed by atoms with Gasteiger partial charge in [-0.05, 0) is 24.1 Å². The summed E-state index contributed by atoms with van der Waals surface area (Å²) in [5.74, 6) is -0.165. The van der Waals surface area contributed by atoms with Crippen LogP contribution in [-0.4, -0.2) is 26.9 Å². The zero-order chi connectivity index (χ0) is 11.6. The minimum absolute atomic E-state index is 0.165. The zero-order valence-electron chi connectivity index (χ0n) is 9.64. The molecule has 1 aromatic rings. The van der Waals surface area contributed by atoms with Crippen molar-refractivity contribution in [1.82, 2.24) is 10.6 Å². The van der Waals surface area contributed by atoms with E-state index < -0.39 is 0 Å². The minimum Gasteiger partial charge on any atom is -0.382 e. The Balaban J connectivity index is 2.35. The van der Waals surface area contributed by atoms with Crippen LogP contribution in [0.4, 0.5) is 4.39 Å². The van der Waals surface area contributed by atoms with Crippen molar-refractivity contribution in [1.29, 1.82) is 0 Å². The molecule has 16 heavy (non-hydrogen) atoms. The molecule has 1 saturated heterocycles. The fourth-order valence-corrected chi connectivity index (χ4v) is 2.10. The number of nitrogens with one attached hydrogen (secondary N) is 2. The molecular weight excluding hydrogens is 207 g/mol. The number of hydrogen-bond acceptors (Lipinski definition) is 3. The Hall–Kier alpha value is -0.970. The lowest BCUT2D eigenvalue weighted by Crippen LogP contribution is -2.43. The molecule has 1 aliphatic heterocycles. The van der Waals surface area contributed by atoms with Gasteiger partial charge in [0, 0.05) is 20.3 Å². The predicted molar refractivity (Wildman–Crippen MR) is 60.7 cm³/mol. The van der Waals surface area contributed by atoms with Crippen LogP contribution >= 0.6 is 0 Å². The fourth-order valence-electron chi connectivity index (χ4n) is 2.10. The molecule has 1 unspecified atom stereocenters. The third-order valence-corrected chi connectivity index (χ3v) is 3.09. The van der Waals surface area contributed by atoms with Crippen LogP contribution < -0.4 is 10.6 Å². The number of rotatable bonds is 3. The van der Waals surface area contributed by atoms with E-state index in [4.69, 9.17) is 4.74 Å². The van der Waals surface area contributed by atoms with Gasteiger partial charge in [0.2, 0.25) is 0 Å². The van der Waals surface area contributed by atoms with Gasteiger partial charge in [0.25, 0.3) is 0 Å². The number of ether oxygens (including phenoxy) is 1. The number of halogens is 1. The molecule has 3 nitrogen and oxygen atoms in total. The van der Waals surface area contributed by atoms with Gasteiger partial charge in [-0.15, -0.1) is 0 Å². The van der Waals surface area contributed by atoms with E-state index in [1.54, 1.807) is 20.1 Å². The van der Waals surface area contributed by atoms with E-state index in [0.717, 1.165) is 18.8 Å². The molecule has 1 heterocycles. The van der Waals surface area contributed by atoms with Gasteiger partial charge in [0.05, 0.1) is 12.1 Å². The molecule has 0 spiro atoms. The largest absolute Gasteiger partial charge is 0.382 e. The summed E-state index contributed by atoms with van der Waals surface area (Å²) in [5.41, 5.74) is 1.30. The van der Waals surface area contributed by atoms with Crippen LogP contribution in [0.25, 0.3) is 0 Å². The topological polar surface area (TPSA) is 33.3 Å². The number of methoxy groups -OCH3 is 1. The van der Waals surface area contributed by atoms with Crippen molar-refractivity contribution in [2.24, 2.45) is 0 Å². The lowest BCUT2D eigenvalue weighted by atomic mass is 9.91. The highest BCUT2D eigenvalue weighted by Crippen LogP contribution is 2.25. The van der Waals surface area contributed by atoms with Crippen LogP contribution in [0.3, 0.4) is 0 Å². The van der Waals surface area contributed by atoms with Crippen molar-refractivity contribution in [2.45, 2.75) is 12.5 Å². The van der Waals surface area contributed by atoms with Gasteiger partial charge in [-0.25, -0.2) is 4.39 Å². The maximum Gasteiger partial charge on any atom is 0.126 e. The molecule has 4 heteroatoms. The van der Waals surface area contributed by atoms with E-state index in [2.05, 4.69) is 10.6 Å². The lowest BCUT2D eigenvalue weighted by molar-refractivity contribution is 0.126. The minimum atomic E-state index is -0.302. The van der Waals surface area contributed by atoms with Gasteiger partial charge in [-0.2, -0.15) is 0 Å². The third kappa shape index (κ3) is 1.96. The molecule has 88 valence electrons. The van der Waals surface area contributed by atoms with Gasteiger partial charge < -0.3 is 10.1 Å². The molecule has 0 aromatic heterocycles. The SMILES string of the molecule is COCC1(c2ccc(C)c(F)c2)CNCN1. The Labute approximate surface area is 95.0 Å². The van der Waals surface area contributed by atoms with E-state index in [-0.39, 0.29) is 11.4 Å². The monoisotopic (exact) mass is 224 g/mol. The zero-order valence-corrected chi connectivity index (χ0v) is 9.64. The molecule has 1 aliphatic rings.